The van der Waals surface area contributed by atoms with Crippen molar-refractivity contribution in [1.82, 2.24) is 10.5 Å². The maximum atomic E-state index is 12.0. The average molecular weight is 268 g/mol. The van der Waals surface area contributed by atoms with Crippen molar-refractivity contribution in [2.45, 2.75) is 38.2 Å². The van der Waals surface area contributed by atoms with Crippen LogP contribution in [-0.2, 0) is 17.6 Å². The molecule has 1 aliphatic rings. The maximum Gasteiger partial charge on any atom is 0.273 e. The molecule has 1 heterocycles. The second kappa shape index (κ2) is 6.68. The van der Waals surface area contributed by atoms with Gasteiger partial charge >= 0.3 is 0 Å². The quantitative estimate of drug-likeness (QED) is 0.792. The van der Waals surface area contributed by atoms with E-state index in [4.69, 9.17) is 9.26 Å². The van der Waals surface area contributed by atoms with Gasteiger partial charge in [-0.3, -0.25) is 4.79 Å². The summed E-state index contributed by atoms with van der Waals surface area (Å²) in [4.78, 5) is 12.0. The molecule has 1 atom stereocenters. The number of ether oxygens (including phenoxy) is 1. The Morgan fingerprint density at radius 3 is 3.11 bits per heavy atom. The zero-order valence-corrected chi connectivity index (χ0v) is 11.1. The molecular formula is C13H20N2O4. The standard InChI is InChI=1S/C13H20N2O4/c1-18-8-9(16)6-7-14-13(17)12-10-4-2-3-5-11(10)19-15-12/h9,16H,2-8H2,1H3,(H,14,17). The number of rotatable bonds is 6. The summed E-state index contributed by atoms with van der Waals surface area (Å²) in [6.07, 6.45) is 3.78. The second-order valence-corrected chi connectivity index (χ2v) is 4.79. The molecule has 0 saturated carbocycles. The van der Waals surface area contributed by atoms with Gasteiger partial charge in [0.15, 0.2) is 5.69 Å². The first kappa shape index (κ1) is 14.0. The van der Waals surface area contributed by atoms with Crippen LogP contribution >= 0.6 is 0 Å². The third-order valence-corrected chi connectivity index (χ3v) is 3.29. The highest BCUT2D eigenvalue weighted by Crippen LogP contribution is 2.23. The van der Waals surface area contributed by atoms with Gasteiger partial charge in [0.2, 0.25) is 0 Å². The van der Waals surface area contributed by atoms with Gasteiger partial charge in [0.1, 0.15) is 5.76 Å². The fraction of sp³-hybridized carbons (Fsp3) is 0.692. The summed E-state index contributed by atoms with van der Waals surface area (Å²) >= 11 is 0. The Morgan fingerprint density at radius 1 is 1.53 bits per heavy atom. The van der Waals surface area contributed by atoms with Crippen LogP contribution in [0, 0.1) is 0 Å². The van der Waals surface area contributed by atoms with Crippen LogP contribution in [-0.4, -0.2) is 42.5 Å². The number of amides is 1. The third kappa shape index (κ3) is 3.54. The Kier molecular flexibility index (Phi) is 4.93. The number of hydrogen-bond acceptors (Lipinski definition) is 5. The Balaban J connectivity index is 1.85. The molecule has 2 rings (SSSR count). The number of nitrogens with zero attached hydrogens (tertiary/aromatic N) is 1. The lowest BCUT2D eigenvalue weighted by Gasteiger charge is -2.11. The average Bonchev–Trinajstić information content (AvgIpc) is 2.82. The molecule has 1 unspecified atom stereocenters. The van der Waals surface area contributed by atoms with Gasteiger partial charge in [0, 0.05) is 25.6 Å². The molecule has 0 aliphatic heterocycles. The Labute approximate surface area is 112 Å². The molecule has 0 fully saturated rings. The Hall–Kier alpha value is -1.40. The number of aromatic nitrogens is 1. The monoisotopic (exact) mass is 268 g/mol. The fourth-order valence-corrected chi connectivity index (χ4v) is 2.27. The van der Waals surface area contributed by atoms with Gasteiger partial charge in [-0.2, -0.15) is 0 Å². The minimum absolute atomic E-state index is 0.225. The molecular weight excluding hydrogens is 248 g/mol. The lowest BCUT2D eigenvalue weighted by Crippen LogP contribution is -2.29. The van der Waals surface area contributed by atoms with E-state index in [9.17, 15) is 9.90 Å². The van der Waals surface area contributed by atoms with Gasteiger partial charge in [-0.05, 0) is 25.7 Å². The zero-order valence-electron chi connectivity index (χ0n) is 11.1. The van der Waals surface area contributed by atoms with E-state index in [1.54, 1.807) is 0 Å². The van der Waals surface area contributed by atoms with Crippen LogP contribution in [0.3, 0.4) is 0 Å². The van der Waals surface area contributed by atoms with E-state index >= 15 is 0 Å². The number of carbonyl (C=O) groups is 1. The molecule has 1 amide bonds. The summed E-state index contributed by atoms with van der Waals surface area (Å²) in [5, 5.41) is 16.1. The van der Waals surface area contributed by atoms with Crippen LogP contribution in [0.1, 0.15) is 41.1 Å². The van der Waals surface area contributed by atoms with Gasteiger partial charge in [0.25, 0.3) is 5.91 Å². The minimum Gasteiger partial charge on any atom is -0.391 e. The molecule has 6 nitrogen and oxygen atoms in total. The van der Waals surface area contributed by atoms with Crippen molar-refractivity contribution in [2.24, 2.45) is 0 Å². The number of fused-ring (bicyclic) bond motifs is 1. The molecule has 19 heavy (non-hydrogen) atoms. The molecule has 1 aliphatic carbocycles. The number of aryl methyl sites for hydroxylation is 1. The number of carbonyl (C=O) groups excluding carboxylic acids is 1. The first-order valence-corrected chi connectivity index (χ1v) is 6.65. The molecule has 1 aromatic heterocycles. The van der Waals surface area contributed by atoms with Crippen LogP contribution in [0.15, 0.2) is 4.52 Å². The minimum atomic E-state index is -0.559. The van der Waals surface area contributed by atoms with Crippen molar-refractivity contribution in [3.63, 3.8) is 0 Å². The molecule has 0 radical (unpaired) electrons. The molecule has 0 aromatic carbocycles. The van der Waals surface area contributed by atoms with Crippen molar-refractivity contribution in [2.75, 3.05) is 20.3 Å². The van der Waals surface area contributed by atoms with Gasteiger partial charge in [0.05, 0.1) is 12.7 Å². The van der Waals surface area contributed by atoms with E-state index in [2.05, 4.69) is 10.5 Å². The predicted molar refractivity (Wildman–Crippen MR) is 68.0 cm³/mol. The van der Waals surface area contributed by atoms with Crippen molar-refractivity contribution >= 4 is 5.91 Å². The van der Waals surface area contributed by atoms with Crippen LogP contribution in [0.25, 0.3) is 0 Å². The SMILES string of the molecule is COCC(O)CCNC(=O)c1noc2c1CCCC2. The van der Waals surface area contributed by atoms with Gasteiger partial charge in [-0.1, -0.05) is 5.16 Å². The topological polar surface area (TPSA) is 84.6 Å². The largest absolute Gasteiger partial charge is 0.391 e. The lowest BCUT2D eigenvalue weighted by atomic mass is 9.96. The normalized spacial score (nSPS) is 15.9. The van der Waals surface area contributed by atoms with Crippen LogP contribution in [0.2, 0.25) is 0 Å². The number of aliphatic hydroxyl groups is 1. The van der Waals surface area contributed by atoms with Crippen molar-refractivity contribution in [1.29, 1.82) is 0 Å². The van der Waals surface area contributed by atoms with Crippen LogP contribution in [0.4, 0.5) is 0 Å². The summed E-state index contributed by atoms with van der Waals surface area (Å²) in [6, 6.07) is 0. The smallest absolute Gasteiger partial charge is 0.273 e. The predicted octanol–water partition coefficient (Wildman–Crippen LogP) is 0.681. The number of aliphatic hydroxyl groups excluding tert-OH is 1. The Bertz CT molecular complexity index is 430. The summed E-state index contributed by atoms with van der Waals surface area (Å²) < 4.78 is 10.0. The van der Waals surface area contributed by atoms with E-state index in [-0.39, 0.29) is 12.5 Å². The number of methoxy groups -OCH3 is 1. The molecule has 106 valence electrons. The third-order valence-electron chi connectivity index (χ3n) is 3.29. The van der Waals surface area contributed by atoms with Crippen molar-refractivity contribution in [3.05, 3.63) is 17.0 Å². The lowest BCUT2D eigenvalue weighted by molar-refractivity contribution is 0.0587. The maximum absolute atomic E-state index is 12.0. The van der Waals surface area contributed by atoms with Crippen molar-refractivity contribution in [3.8, 4) is 0 Å². The molecule has 0 bridgehead atoms. The second-order valence-electron chi connectivity index (χ2n) is 4.79. The van der Waals surface area contributed by atoms with E-state index in [1.807, 2.05) is 0 Å². The van der Waals surface area contributed by atoms with E-state index < -0.39 is 6.10 Å². The molecule has 0 saturated heterocycles. The summed E-state index contributed by atoms with van der Waals surface area (Å²) in [5.74, 6) is 0.618. The Morgan fingerprint density at radius 2 is 2.32 bits per heavy atom. The highest BCUT2D eigenvalue weighted by molar-refractivity contribution is 5.93. The van der Waals surface area contributed by atoms with Gasteiger partial charge in [-0.25, -0.2) is 0 Å². The van der Waals surface area contributed by atoms with E-state index in [0.29, 0.717) is 18.7 Å². The van der Waals surface area contributed by atoms with E-state index in [0.717, 1.165) is 37.0 Å². The highest BCUT2D eigenvalue weighted by atomic mass is 16.5. The number of nitrogens with one attached hydrogen (secondary N) is 1. The molecule has 0 spiro atoms. The molecule has 6 heteroatoms. The van der Waals surface area contributed by atoms with Gasteiger partial charge < -0.3 is 19.7 Å². The van der Waals surface area contributed by atoms with Gasteiger partial charge in [-0.15, -0.1) is 0 Å². The molecule has 1 aromatic rings. The zero-order chi connectivity index (χ0) is 13.7. The van der Waals surface area contributed by atoms with E-state index in [1.165, 1.54) is 7.11 Å². The first-order chi connectivity index (χ1) is 9.22. The number of hydrogen-bond donors (Lipinski definition) is 2. The summed E-state index contributed by atoms with van der Waals surface area (Å²) in [6.45, 7) is 0.667. The highest BCUT2D eigenvalue weighted by Gasteiger charge is 2.23. The van der Waals surface area contributed by atoms with Crippen molar-refractivity contribution < 1.29 is 19.2 Å². The van der Waals surface area contributed by atoms with Crippen LogP contribution < -0.4 is 5.32 Å². The fourth-order valence-electron chi connectivity index (χ4n) is 2.27. The first-order valence-electron chi connectivity index (χ1n) is 6.65. The summed E-state index contributed by atoms with van der Waals surface area (Å²) in [7, 11) is 1.53. The van der Waals surface area contributed by atoms with Crippen LogP contribution in [0.5, 0.6) is 0 Å². The summed E-state index contributed by atoms with van der Waals surface area (Å²) in [5.41, 5.74) is 1.34. The molecule has 2 N–H and O–H groups in total.